The van der Waals surface area contributed by atoms with E-state index in [0.717, 1.165) is 27.6 Å². The number of pyridine rings is 1. The molecule has 6 nitrogen and oxygen atoms in total. The maximum atomic E-state index is 13.3. The first-order chi connectivity index (χ1) is 15.4. The lowest BCUT2D eigenvalue weighted by atomic mass is 9.94. The highest BCUT2D eigenvalue weighted by molar-refractivity contribution is 6.07. The summed E-state index contributed by atoms with van der Waals surface area (Å²) in [7, 11) is 1.72. The Bertz CT molecular complexity index is 1220. The molecule has 4 rings (SSSR count). The first-order valence-electron chi connectivity index (χ1n) is 10.5. The SMILES string of the molecule is C=CN=CN(CC)Cc1c2c(c(O)c3ncc(Cc4ccc(F)cc4)cc13)C(=O)N(C)C2. The summed E-state index contributed by atoms with van der Waals surface area (Å²) < 4.78 is 13.3. The van der Waals surface area contributed by atoms with Crippen LogP contribution in [0.25, 0.3) is 10.9 Å². The van der Waals surface area contributed by atoms with Gasteiger partial charge < -0.3 is 14.9 Å². The molecule has 1 aliphatic heterocycles. The molecule has 1 aromatic heterocycles. The number of fused-ring (bicyclic) bond motifs is 2. The maximum absolute atomic E-state index is 13.3. The molecule has 0 bridgehead atoms. The van der Waals surface area contributed by atoms with Gasteiger partial charge in [0, 0.05) is 44.5 Å². The summed E-state index contributed by atoms with van der Waals surface area (Å²) in [6, 6.07) is 8.38. The van der Waals surface area contributed by atoms with Gasteiger partial charge in [-0.15, -0.1) is 0 Å². The van der Waals surface area contributed by atoms with Crippen molar-refractivity contribution in [2.75, 3.05) is 13.6 Å². The Morgan fingerprint density at radius 2 is 2.06 bits per heavy atom. The highest BCUT2D eigenvalue weighted by Gasteiger charge is 2.33. The third-order valence-corrected chi connectivity index (χ3v) is 5.78. The molecule has 0 radical (unpaired) electrons. The van der Waals surface area contributed by atoms with E-state index in [0.29, 0.717) is 37.1 Å². The number of halogens is 1. The van der Waals surface area contributed by atoms with E-state index in [1.807, 2.05) is 17.9 Å². The average Bonchev–Trinajstić information content (AvgIpc) is 3.09. The quantitative estimate of drug-likeness (QED) is 0.448. The smallest absolute Gasteiger partial charge is 0.258 e. The summed E-state index contributed by atoms with van der Waals surface area (Å²) in [5.74, 6) is -0.562. The second kappa shape index (κ2) is 8.78. The van der Waals surface area contributed by atoms with Crippen molar-refractivity contribution >= 4 is 23.1 Å². The molecule has 0 unspecified atom stereocenters. The zero-order valence-electron chi connectivity index (χ0n) is 18.2. The van der Waals surface area contributed by atoms with E-state index in [9.17, 15) is 14.3 Å². The van der Waals surface area contributed by atoms with Crippen molar-refractivity contribution < 1.29 is 14.3 Å². The topological polar surface area (TPSA) is 69.0 Å². The number of hydrogen-bond donors (Lipinski definition) is 1. The Morgan fingerprint density at radius 1 is 1.31 bits per heavy atom. The van der Waals surface area contributed by atoms with E-state index in [-0.39, 0.29) is 17.5 Å². The number of amides is 1. The van der Waals surface area contributed by atoms with Gasteiger partial charge in [0.1, 0.15) is 11.3 Å². The van der Waals surface area contributed by atoms with E-state index >= 15 is 0 Å². The van der Waals surface area contributed by atoms with Crippen molar-refractivity contribution in [1.29, 1.82) is 0 Å². The second-order valence-electron chi connectivity index (χ2n) is 7.90. The van der Waals surface area contributed by atoms with Crippen LogP contribution in [0.15, 0.2) is 54.3 Å². The minimum Gasteiger partial charge on any atom is -0.505 e. The second-order valence-corrected chi connectivity index (χ2v) is 7.90. The van der Waals surface area contributed by atoms with Gasteiger partial charge in [-0.2, -0.15) is 0 Å². The molecule has 0 aliphatic carbocycles. The van der Waals surface area contributed by atoms with Crippen LogP contribution in [0.5, 0.6) is 5.75 Å². The van der Waals surface area contributed by atoms with Crippen molar-refractivity contribution in [3.8, 4) is 5.75 Å². The zero-order chi connectivity index (χ0) is 22.8. The van der Waals surface area contributed by atoms with Gasteiger partial charge in [0.15, 0.2) is 5.75 Å². The fourth-order valence-corrected chi connectivity index (χ4v) is 4.10. The van der Waals surface area contributed by atoms with E-state index in [1.54, 1.807) is 36.6 Å². The molecule has 32 heavy (non-hydrogen) atoms. The van der Waals surface area contributed by atoms with Crippen LogP contribution in [-0.4, -0.2) is 45.7 Å². The van der Waals surface area contributed by atoms with Crippen LogP contribution in [0, 0.1) is 5.82 Å². The van der Waals surface area contributed by atoms with Crippen molar-refractivity contribution in [2.24, 2.45) is 4.99 Å². The Labute approximate surface area is 186 Å². The molecule has 0 fully saturated rings. The number of aliphatic imine (C=N–C) groups is 1. The molecule has 1 amide bonds. The van der Waals surface area contributed by atoms with Crippen molar-refractivity contribution in [2.45, 2.75) is 26.4 Å². The molecule has 164 valence electrons. The molecule has 0 saturated heterocycles. The summed E-state index contributed by atoms with van der Waals surface area (Å²) >= 11 is 0. The third-order valence-electron chi connectivity index (χ3n) is 5.78. The predicted octanol–water partition coefficient (Wildman–Crippen LogP) is 4.25. The molecule has 1 aliphatic rings. The van der Waals surface area contributed by atoms with Crippen LogP contribution in [0.1, 0.15) is 39.5 Å². The van der Waals surface area contributed by atoms with Crippen LogP contribution in [0.2, 0.25) is 0 Å². The third kappa shape index (κ3) is 3.93. The van der Waals surface area contributed by atoms with Crippen LogP contribution >= 0.6 is 0 Å². The highest BCUT2D eigenvalue weighted by Crippen LogP contribution is 2.40. The minimum absolute atomic E-state index is 0.0794. The van der Waals surface area contributed by atoms with E-state index < -0.39 is 0 Å². The lowest BCUT2D eigenvalue weighted by molar-refractivity contribution is 0.0814. The average molecular weight is 432 g/mol. The Kier molecular flexibility index (Phi) is 5.90. The molecule has 1 N–H and O–H groups in total. The number of aromatic hydroxyl groups is 1. The molecular formula is C25H25FN4O2. The first-order valence-corrected chi connectivity index (χ1v) is 10.5. The van der Waals surface area contributed by atoms with Gasteiger partial charge in [0.25, 0.3) is 5.91 Å². The predicted molar refractivity (Wildman–Crippen MR) is 123 cm³/mol. The van der Waals surface area contributed by atoms with Crippen molar-refractivity contribution in [3.05, 3.63) is 82.9 Å². The van der Waals surface area contributed by atoms with Gasteiger partial charge >= 0.3 is 0 Å². The van der Waals surface area contributed by atoms with E-state index in [4.69, 9.17) is 0 Å². The monoisotopic (exact) mass is 432 g/mol. The summed E-state index contributed by atoms with van der Waals surface area (Å²) in [5, 5.41) is 11.7. The summed E-state index contributed by atoms with van der Waals surface area (Å²) in [4.78, 5) is 25.0. The van der Waals surface area contributed by atoms with Crippen LogP contribution < -0.4 is 0 Å². The van der Waals surface area contributed by atoms with Crippen LogP contribution in [0.3, 0.4) is 0 Å². The largest absolute Gasteiger partial charge is 0.505 e. The first kappa shape index (κ1) is 21.5. The van der Waals surface area contributed by atoms with Gasteiger partial charge in [-0.05, 0) is 53.8 Å². The van der Waals surface area contributed by atoms with Crippen molar-refractivity contribution in [1.82, 2.24) is 14.8 Å². The van der Waals surface area contributed by atoms with Gasteiger partial charge in [0.2, 0.25) is 0 Å². The van der Waals surface area contributed by atoms with Gasteiger partial charge in [-0.1, -0.05) is 18.7 Å². The summed E-state index contributed by atoms with van der Waals surface area (Å²) in [6.45, 7) is 7.29. The molecule has 2 heterocycles. The number of carbonyl (C=O) groups is 1. The number of phenolic OH excluding ortho intramolecular Hbond substituents is 1. The minimum atomic E-state index is -0.275. The molecule has 0 atom stereocenters. The summed E-state index contributed by atoms with van der Waals surface area (Å²) in [5.41, 5.74) is 4.38. The molecular weight excluding hydrogens is 407 g/mol. The lowest BCUT2D eigenvalue weighted by Gasteiger charge is -2.21. The summed E-state index contributed by atoms with van der Waals surface area (Å²) in [6.07, 6.45) is 5.46. The van der Waals surface area contributed by atoms with Gasteiger partial charge in [-0.25, -0.2) is 9.38 Å². The normalized spacial score (nSPS) is 13.2. The molecule has 7 heteroatoms. The number of nitrogens with zero attached hydrogens (tertiary/aromatic N) is 4. The number of rotatable bonds is 7. The zero-order valence-corrected chi connectivity index (χ0v) is 18.2. The number of benzene rings is 2. The number of carbonyl (C=O) groups excluding carboxylic acids is 1. The van der Waals surface area contributed by atoms with E-state index in [1.165, 1.54) is 18.3 Å². The highest BCUT2D eigenvalue weighted by atomic mass is 19.1. The number of hydrogen-bond acceptors (Lipinski definition) is 4. The molecule has 2 aromatic carbocycles. The lowest BCUT2D eigenvalue weighted by Crippen LogP contribution is -2.22. The Balaban J connectivity index is 1.86. The van der Waals surface area contributed by atoms with Gasteiger partial charge in [-0.3, -0.25) is 9.78 Å². The Hall–Kier alpha value is -3.74. The fraction of sp³-hybridized carbons (Fsp3) is 0.240. The van der Waals surface area contributed by atoms with Gasteiger partial charge in [0.05, 0.1) is 11.9 Å². The maximum Gasteiger partial charge on any atom is 0.258 e. The number of aromatic nitrogens is 1. The standard InChI is InChI=1S/C25H25FN4O2/c1-4-27-15-30(5-2)14-20-19-11-17(10-16-6-8-18(26)9-7-16)12-28-23(19)24(31)22-21(20)13-29(3)25(22)32/h4,6-9,11-12,15,31H,1,5,10,13-14H2,2-3H3. The number of phenols is 1. The van der Waals surface area contributed by atoms with Crippen LogP contribution in [-0.2, 0) is 19.5 Å². The Morgan fingerprint density at radius 3 is 2.75 bits per heavy atom. The van der Waals surface area contributed by atoms with Crippen LogP contribution in [0.4, 0.5) is 4.39 Å². The molecule has 0 spiro atoms. The fourth-order valence-electron chi connectivity index (χ4n) is 4.10. The van der Waals surface area contributed by atoms with E-state index in [2.05, 4.69) is 16.6 Å². The molecule has 3 aromatic rings. The molecule has 0 saturated carbocycles. The van der Waals surface area contributed by atoms with Crippen molar-refractivity contribution in [3.63, 3.8) is 0 Å².